The SMILES string of the molecule is CC[C@@H](C)c1ccc(NC(=O)COC(=O)Cn2cnnn2)cc1. The van der Waals surface area contributed by atoms with Crippen LogP contribution >= 0.6 is 0 Å². The normalized spacial score (nSPS) is 11.7. The second-order valence-corrected chi connectivity index (χ2v) is 5.15. The van der Waals surface area contributed by atoms with Gasteiger partial charge in [0.1, 0.15) is 12.9 Å². The second-order valence-electron chi connectivity index (χ2n) is 5.15. The molecule has 8 heteroatoms. The first-order valence-electron chi connectivity index (χ1n) is 7.34. The third kappa shape index (κ3) is 5.17. The Balaban J connectivity index is 1.77. The molecule has 1 aromatic carbocycles. The van der Waals surface area contributed by atoms with Crippen molar-refractivity contribution in [2.75, 3.05) is 11.9 Å². The third-order valence-electron chi connectivity index (χ3n) is 3.42. The monoisotopic (exact) mass is 317 g/mol. The van der Waals surface area contributed by atoms with E-state index >= 15 is 0 Å². The Morgan fingerprint density at radius 2 is 2.04 bits per heavy atom. The Bertz CT molecular complexity index is 640. The lowest BCUT2D eigenvalue weighted by Gasteiger charge is -2.10. The zero-order chi connectivity index (χ0) is 16.7. The topological polar surface area (TPSA) is 99.0 Å². The average molecular weight is 317 g/mol. The van der Waals surface area contributed by atoms with E-state index in [1.807, 2.05) is 24.3 Å². The summed E-state index contributed by atoms with van der Waals surface area (Å²) in [7, 11) is 0. The molecule has 0 aliphatic rings. The highest BCUT2D eigenvalue weighted by atomic mass is 16.5. The summed E-state index contributed by atoms with van der Waals surface area (Å²) in [5, 5.41) is 13.0. The molecule has 0 saturated heterocycles. The van der Waals surface area contributed by atoms with Crippen LogP contribution in [-0.2, 0) is 20.9 Å². The Labute approximate surface area is 133 Å². The molecule has 1 heterocycles. The summed E-state index contributed by atoms with van der Waals surface area (Å²) >= 11 is 0. The smallest absolute Gasteiger partial charge is 0.328 e. The molecule has 1 aromatic heterocycles. The highest BCUT2D eigenvalue weighted by molar-refractivity contribution is 5.92. The van der Waals surface area contributed by atoms with Crippen molar-refractivity contribution < 1.29 is 14.3 Å². The molecule has 0 bridgehead atoms. The fourth-order valence-corrected chi connectivity index (χ4v) is 1.90. The van der Waals surface area contributed by atoms with E-state index in [1.54, 1.807) is 0 Å². The number of nitrogens with zero attached hydrogens (tertiary/aromatic N) is 4. The summed E-state index contributed by atoms with van der Waals surface area (Å²) in [5.41, 5.74) is 1.89. The van der Waals surface area contributed by atoms with Crippen molar-refractivity contribution in [3.8, 4) is 0 Å². The van der Waals surface area contributed by atoms with Crippen molar-refractivity contribution in [1.29, 1.82) is 0 Å². The maximum atomic E-state index is 11.8. The summed E-state index contributed by atoms with van der Waals surface area (Å²) in [4.78, 5) is 23.3. The van der Waals surface area contributed by atoms with Gasteiger partial charge in [0.05, 0.1) is 0 Å². The number of hydrogen-bond acceptors (Lipinski definition) is 6. The Morgan fingerprint density at radius 3 is 2.65 bits per heavy atom. The van der Waals surface area contributed by atoms with E-state index in [-0.39, 0.29) is 13.2 Å². The van der Waals surface area contributed by atoms with E-state index in [9.17, 15) is 9.59 Å². The molecule has 23 heavy (non-hydrogen) atoms. The molecule has 2 rings (SSSR count). The first-order valence-corrected chi connectivity index (χ1v) is 7.34. The molecule has 0 saturated carbocycles. The molecule has 2 aromatic rings. The van der Waals surface area contributed by atoms with E-state index in [4.69, 9.17) is 4.74 Å². The predicted molar refractivity (Wildman–Crippen MR) is 82.6 cm³/mol. The molecule has 1 N–H and O–H groups in total. The number of nitrogens with one attached hydrogen (secondary N) is 1. The van der Waals surface area contributed by atoms with Crippen molar-refractivity contribution in [3.63, 3.8) is 0 Å². The number of anilines is 1. The Morgan fingerprint density at radius 1 is 1.30 bits per heavy atom. The lowest BCUT2D eigenvalue weighted by Crippen LogP contribution is -2.23. The van der Waals surface area contributed by atoms with Gasteiger partial charge in [-0.05, 0) is 40.5 Å². The van der Waals surface area contributed by atoms with Gasteiger partial charge in [-0.3, -0.25) is 9.59 Å². The van der Waals surface area contributed by atoms with Gasteiger partial charge in [0.25, 0.3) is 5.91 Å². The first kappa shape index (κ1) is 16.6. The number of ether oxygens (including phenoxy) is 1. The Kier molecular flexibility index (Phi) is 5.79. The van der Waals surface area contributed by atoms with Crippen molar-refractivity contribution >= 4 is 17.6 Å². The fourth-order valence-electron chi connectivity index (χ4n) is 1.90. The maximum absolute atomic E-state index is 11.8. The maximum Gasteiger partial charge on any atom is 0.328 e. The van der Waals surface area contributed by atoms with Crippen LogP contribution in [0.3, 0.4) is 0 Å². The van der Waals surface area contributed by atoms with Gasteiger partial charge in [0.15, 0.2) is 6.61 Å². The second kappa shape index (κ2) is 8.02. The summed E-state index contributed by atoms with van der Waals surface area (Å²) in [5.74, 6) is -0.502. The highest BCUT2D eigenvalue weighted by Crippen LogP contribution is 2.20. The van der Waals surface area contributed by atoms with E-state index < -0.39 is 11.9 Å². The van der Waals surface area contributed by atoms with Crippen LogP contribution < -0.4 is 5.32 Å². The zero-order valence-corrected chi connectivity index (χ0v) is 13.1. The van der Waals surface area contributed by atoms with Crippen molar-refractivity contribution in [1.82, 2.24) is 20.2 Å². The molecule has 0 spiro atoms. The molecule has 8 nitrogen and oxygen atoms in total. The van der Waals surface area contributed by atoms with Gasteiger partial charge in [0.2, 0.25) is 0 Å². The number of carbonyl (C=O) groups excluding carboxylic acids is 2. The molecular weight excluding hydrogens is 298 g/mol. The van der Waals surface area contributed by atoms with Gasteiger partial charge in [-0.1, -0.05) is 26.0 Å². The average Bonchev–Trinajstić information content (AvgIpc) is 3.06. The number of benzene rings is 1. The number of esters is 1. The van der Waals surface area contributed by atoms with Crippen LogP contribution in [0, 0.1) is 0 Å². The fraction of sp³-hybridized carbons (Fsp3) is 0.400. The largest absolute Gasteiger partial charge is 0.454 e. The minimum absolute atomic E-state index is 0.135. The van der Waals surface area contributed by atoms with Crippen LogP contribution in [0.1, 0.15) is 31.7 Å². The molecule has 0 fully saturated rings. The standard InChI is InChI=1S/C15H19N5O3/c1-3-11(2)12-4-6-13(7-5-12)17-14(21)9-23-15(22)8-20-10-16-18-19-20/h4-7,10-11H,3,8-9H2,1-2H3,(H,17,21)/t11-/m1/s1. The molecule has 0 unspecified atom stereocenters. The number of carbonyl (C=O) groups is 2. The highest BCUT2D eigenvalue weighted by Gasteiger charge is 2.10. The molecule has 0 aliphatic heterocycles. The van der Waals surface area contributed by atoms with E-state index in [0.717, 1.165) is 6.42 Å². The number of hydrogen-bond donors (Lipinski definition) is 1. The van der Waals surface area contributed by atoms with Crippen LogP contribution in [-0.4, -0.2) is 38.7 Å². The Hall–Kier alpha value is -2.77. The van der Waals surface area contributed by atoms with Crippen molar-refractivity contribution in [3.05, 3.63) is 36.2 Å². The molecule has 0 aliphatic carbocycles. The van der Waals surface area contributed by atoms with Crippen molar-refractivity contribution in [2.24, 2.45) is 0 Å². The number of tetrazole rings is 1. The van der Waals surface area contributed by atoms with Gasteiger partial charge < -0.3 is 10.1 Å². The summed E-state index contributed by atoms with van der Waals surface area (Å²) in [6, 6.07) is 7.63. The van der Waals surface area contributed by atoms with Crippen LogP contribution in [0.5, 0.6) is 0 Å². The summed E-state index contributed by atoms with van der Waals surface area (Å²) in [6.45, 7) is 3.79. The number of aromatic nitrogens is 4. The number of rotatable bonds is 7. The van der Waals surface area contributed by atoms with Gasteiger partial charge in [-0.15, -0.1) is 5.10 Å². The van der Waals surface area contributed by atoms with Gasteiger partial charge in [-0.25, -0.2) is 4.68 Å². The molecular formula is C15H19N5O3. The van der Waals surface area contributed by atoms with Gasteiger partial charge in [0, 0.05) is 5.69 Å². The molecule has 1 amide bonds. The first-order chi connectivity index (χ1) is 11.1. The van der Waals surface area contributed by atoms with E-state index in [2.05, 4.69) is 34.7 Å². The van der Waals surface area contributed by atoms with Crippen LogP contribution in [0.4, 0.5) is 5.69 Å². The summed E-state index contributed by atoms with van der Waals surface area (Å²) < 4.78 is 6.08. The molecule has 122 valence electrons. The minimum Gasteiger partial charge on any atom is -0.454 e. The summed E-state index contributed by atoms with van der Waals surface area (Å²) in [6.07, 6.45) is 2.35. The lowest BCUT2D eigenvalue weighted by molar-refractivity contribution is -0.148. The third-order valence-corrected chi connectivity index (χ3v) is 3.42. The number of amides is 1. The van der Waals surface area contributed by atoms with Crippen molar-refractivity contribution in [2.45, 2.75) is 32.7 Å². The van der Waals surface area contributed by atoms with Gasteiger partial charge >= 0.3 is 5.97 Å². The van der Waals surface area contributed by atoms with Crippen LogP contribution in [0.15, 0.2) is 30.6 Å². The lowest BCUT2D eigenvalue weighted by atomic mass is 9.99. The minimum atomic E-state index is -0.584. The van der Waals surface area contributed by atoms with Crippen LogP contribution in [0.2, 0.25) is 0 Å². The quantitative estimate of drug-likeness (QED) is 0.774. The van der Waals surface area contributed by atoms with Crippen LogP contribution in [0.25, 0.3) is 0 Å². The van der Waals surface area contributed by atoms with Gasteiger partial charge in [-0.2, -0.15) is 0 Å². The zero-order valence-electron chi connectivity index (χ0n) is 13.1. The van der Waals surface area contributed by atoms with E-state index in [1.165, 1.54) is 16.6 Å². The molecule has 1 atom stereocenters. The molecule has 0 radical (unpaired) electrons. The van der Waals surface area contributed by atoms with E-state index in [0.29, 0.717) is 11.6 Å². The predicted octanol–water partition coefficient (Wildman–Crippen LogP) is 1.37.